The summed E-state index contributed by atoms with van der Waals surface area (Å²) in [6, 6.07) is 6.01. The minimum Gasteiger partial charge on any atom is -0.486 e. The fourth-order valence-corrected chi connectivity index (χ4v) is 2.65. The molecule has 0 amide bonds. The van der Waals surface area contributed by atoms with Crippen molar-refractivity contribution < 1.29 is 9.47 Å². The maximum absolute atomic E-state index is 6.21. The zero-order chi connectivity index (χ0) is 14.8. The lowest BCUT2D eigenvalue weighted by Gasteiger charge is -2.19. The summed E-state index contributed by atoms with van der Waals surface area (Å²) in [5.74, 6) is 1.63. The quantitative estimate of drug-likeness (QED) is 0.942. The molecule has 1 aromatic heterocycles. The number of aromatic nitrogens is 2. The van der Waals surface area contributed by atoms with E-state index in [1.807, 2.05) is 32.2 Å². The van der Waals surface area contributed by atoms with Crippen molar-refractivity contribution in [3.05, 3.63) is 40.2 Å². The van der Waals surface area contributed by atoms with Gasteiger partial charge in [-0.25, -0.2) is 0 Å². The Labute approximate surface area is 128 Å². The number of rotatable bonds is 4. The summed E-state index contributed by atoms with van der Waals surface area (Å²) in [6.45, 7) is 4.61. The Hall–Kier alpha value is -1.72. The molecule has 0 saturated heterocycles. The van der Waals surface area contributed by atoms with Gasteiger partial charge in [-0.1, -0.05) is 17.7 Å². The fraction of sp³-hybridized carbons (Fsp3) is 0.400. The van der Waals surface area contributed by atoms with Gasteiger partial charge in [0, 0.05) is 25.7 Å². The molecule has 0 aliphatic carbocycles. The van der Waals surface area contributed by atoms with E-state index in [0.29, 0.717) is 24.9 Å². The van der Waals surface area contributed by atoms with Crippen LogP contribution in [-0.2, 0) is 20.1 Å². The van der Waals surface area contributed by atoms with Crippen molar-refractivity contribution in [2.45, 2.75) is 20.0 Å². The summed E-state index contributed by atoms with van der Waals surface area (Å²) in [5, 5.41) is 8.37. The van der Waals surface area contributed by atoms with Crippen molar-refractivity contribution in [2.75, 3.05) is 13.2 Å². The molecule has 0 spiro atoms. The number of fused-ring (bicyclic) bond motifs is 1. The Balaban J connectivity index is 1.63. The molecule has 1 N–H and O–H groups in total. The molecule has 1 aliphatic rings. The number of benzene rings is 1. The molecule has 6 heteroatoms. The smallest absolute Gasteiger partial charge is 0.161 e. The number of hydrogen-bond acceptors (Lipinski definition) is 4. The second-order valence-electron chi connectivity index (χ2n) is 5.06. The van der Waals surface area contributed by atoms with Gasteiger partial charge in [0.15, 0.2) is 11.5 Å². The molecular formula is C15H18ClN3O2. The zero-order valence-electron chi connectivity index (χ0n) is 12.1. The SMILES string of the molecule is Cc1nn(C)c(Cl)c1CNCc1ccc2c(c1)OCCO2. The van der Waals surface area contributed by atoms with Crippen LogP contribution >= 0.6 is 11.6 Å². The van der Waals surface area contributed by atoms with Gasteiger partial charge in [0.2, 0.25) is 0 Å². The lowest BCUT2D eigenvalue weighted by Crippen LogP contribution is -2.17. The van der Waals surface area contributed by atoms with Crippen molar-refractivity contribution in [3.8, 4) is 11.5 Å². The molecule has 2 heterocycles. The van der Waals surface area contributed by atoms with Gasteiger partial charge >= 0.3 is 0 Å². The van der Waals surface area contributed by atoms with Crippen LogP contribution < -0.4 is 14.8 Å². The van der Waals surface area contributed by atoms with Crippen LogP contribution in [0.4, 0.5) is 0 Å². The highest BCUT2D eigenvalue weighted by molar-refractivity contribution is 6.30. The van der Waals surface area contributed by atoms with Crippen molar-refractivity contribution in [3.63, 3.8) is 0 Å². The van der Waals surface area contributed by atoms with Crippen LogP contribution in [0.1, 0.15) is 16.8 Å². The number of halogens is 1. The van der Waals surface area contributed by atoms with Crippen molar-refractivity contribution in [2.24, 2.45) is 7.05 Å². The Bertz CT molecular complexity index is 655. The average Bonchev–Trinajstić information content (AvgIpc) is 2.73. The minimum absolute atomic E-state index is 0.606. The van der Waals surface area contributed by atoms with Gasteiger partial charge in [-0.3, -0.25) is 4.68 Å². The summed E-state index contributed by atoms with van der Waals surface area (Å²) in [5.41, 5.74) is 3.14. The van der Waals surface area contributed by atoms with Crippen LogP contribution in [0.3, 0.4) is 0 Å². The summed E-state index contributed by atoms with van der Waals surface area (Å²) < 4.78 is 12.8. The average molecular weight is 308 g/mol. The Kier molecular flexibility index (Phi) is 4.03. The number of aryl methyl sites for hydroxylation is 2. The van der Waals surface area contributed by atoms with Crippen LogP contribution in [0.25, 0.3) is 0 Å². The number of hydrogen-bond donors (Lipinski definition) is 1. The topological polar surface area (TPSA) is 48.3 Å². The number of nitrogens with one attached hydrogen (secondary N) is 1. The second-order valence-corrected chi connectivity index (χ2v) is 5.42. The normalized spacial score (nSPS) is 13.5. The molecule has 1 aromatic carbocycles. The standard InChI is InChI=1S/C15H18ClN3O2/c1-10-12(15(16)19(2)18-10)9-17-8-11-3-4-13-14(7-11)21-6-5-20-13/h3-4,7,17H,5-6,8-9H2,1-2H3. The highest BCUT2D eigenvalue weighted by Crippen LogP contribution is 2.30. The molecule has 5 nitrogen and oxygen atoms in total. The van der Waals surface area contributed by atoms with Gasteiger partial charge < -0.3 is 14.8 Å². The molecule has 0 bridgehead atoms. The number of ether oxygens (including phenoxy) is 2. The number of nitrogens with zero attached hydrogens (tertiary/aromatic N) is 2. The van der Waals surface area contributed by atoms with Crippen LogP contribution in [0.5, 0.6) is 11.5 Å². The third kappa shape index (κ3) is 2.99. The van der Waals surface area contributed by atoms with E-state index in [9.17, 15) is 0 Å². The van der Waals surface area contributed by atoms with Gasteiger partial charge in [0.25, 0.3) is 0 Å². The van der Waals surface area contributed by atoms with E-state index in [0.717, 1.165) is 34.9 Å². The first kappa shape index (κ1) is 14.2. The van der Waals surface area contributed by atoms with Gasteiger partial charge in [-0.05, 0) is 24.6 Å². The molecule has 0 unspecified atom stereocenters. The Morgan fingerprint density at radius 1 is 1.24 bits per heavy atom. The van der Waals surface area contributed by atoms with Crippen molar-refractivity contribution in [1.29, 1.82) is 0 Å². The second kappa shape index (κ2) is 5.95. The molecule has 21 heavy (non-hydrogen) atoms. The van der Waals surface area contributed by atoms with E-state index >= 15 is 0 Å². The lowest BCUT2D eigenvalue weighted by atomic mass is 10.2. The maximum atomic E-state index is 6.21. The van der Waals surface area contributed by atoms with Crippen molar-refractivity contribution >= 4 is 11.6 Å². The predicted octanol–water partition coefficient (Wildman–Crippen LogP) is 2.44. The van der Waals surface area contributed by atoms with Gasteiger partial charge in [-0.2, -0.15) is 5.10 Å². The van der Waals surface area contributed by atoms with Crippen LogP contribution in [0.2, 0.25) is 5.15 Å². The first-order chi connectivity index (χ1) is 10.1. The molecular weight excluding hydrogens is 290 g/mol. The molecule has 0 fully saturated rings. The highest BCUT2D eigenvalue weighted by Gasteiger charge is 2.13. The molecule has 0 radical (unpaired) electrons. The zero-order valence-corrected chi connectivity index (χ0v) is 12.9. The van der Waals surface area contributed by atoms with Gasteiger partial charge in [0.1, 0.15) is 18.4 Å². The maximum Gasteiger partial charge on any atom is 0.161 e. The molecule has 3 rings (SSSR count). The Morgan fingerprint density at radius 2 is 2.00 bits per heavy atom. The van der Waals surface area contributed by atoms with E-state index in [-0.39, 0.29) is 0 Å². The van der Waals surface area contributed by atoms with Crippen LogP contribution in [0.15, 0.2) is 18.2 Å². The molecule has 0 saturated carbocycles. The first-order valence-electron chi connectivity index (χ1n) is 6.92. The highest BCUT2D eigenvalue weighted by atomic mass is 35.5. The molecule has 2 aromatic rings. The molecule has 112 valence electrons. The van der Waals surface area contributed by atoms with Crippen LogP contribution in [0, 0.1) is 6.92 Å². The van der Waals surface area contributed by atoms with Gasteiger partial charge in [-0.15, -0.1) is 0 Å². The van der Waals surface area contributed by atoms with E-state index in [1.165, 1.54) is 0 Å². The van der Waals surface area contributed by atoms with E-state index in [4.69, 9.17) is 21.1 Å². The summed E-state index contributed by atoms with van der Waals surface area (Å²) in [6.07, 6.45) is 0. The molecule has 0 atom stereocenters. The molecule has 1 aliphatic heterocycles. The van der Waals surface area contributed by atoms with E-state index in [2.05, 4.69) is 10.4 Å². The largest absolute Gasteiger partial charge is 0.486 e. The summed E-state index contributed by atoms with van der Waals surface area (Å²) in [4.78, 5) is 0. The minimum atomic E-state index is 0.606. The first-order valence-corrected chi connectivity index (χ1v) is 7.30. The van der Waals surface area contributed by atoms with Gasteiger partial charge in [0.05, 0.1) is 5.69 Å². The summed E-state index contributed by atoms with van der Waals surface area (Å²) >= 11 is 6.21. The third-order valence-corrected chi connectivity index (χ3v) is 3.98. The van der Waals surface area contributed by atoms with Crippen LogP contribution in [-0.4, -0.2) is 23.0 Å². The Morgan fingerprint density at radius 3 is 2.71 bits per heavy atom. The fourth-order valence-electron chi connectivity index (χ4n) is 2.40. The monoisotopic (exact) mass is 307 g/mol. The van der Waals surface area contributed by atoms with E-state index < -0.39 is 0 Å². The third-order valence-electron chi connectivity index (χ3n) is 3.51. The summed E-state index contributed by atoms with van der Waals surface area (Å²) in [7, 11) is 1.85. The predicted molar refractivity (Wildman–Crippen MR) is 80.9 cm³/mol. The lowest BCUT2D eigenvalue weighted by molar-refractivity contribution is 0.171. The van der Waals surface area contributed by atoms with Crippen molar-refractivity contribution in [1.82, 2.24) is 15.1 Å². The van der Waals surface area contributed by atoms with E-state index in [1.54, 1.807) is 4.68 Å².